The molecule has 2 aromatic rings. The average Bonchev–Trinajstić information content (AvgIpc) is 2.95. The molecule has 0 spiro atoms. The first-order valence-electron chi connectivity index (χ1n) is 7.71. The van der Waals surface area contributed by atoms with Crippen LogP contribution in [0.25, 0.3) is 0 Å². The number of hydrogen-bond acceptors (Lipinski definition) is 4. The number of nitrogens with one attached hydrogen (secondary N) is 1. The Morgan fingerprint density at radius 2 is 2.00 bits per heavy atom. The van der Waals surface area contributed by atoms with Crippen molar-refractivity contribution in [3.8, 4) is 0 Å². The molecule has 1 aromatic carbocycles. The highest BCUT2D eigenvalue weighted by molar-refractivity contribution is 5.55. The lowest BCUT2D eigenvalue weighted by Gasteiger charge is -2.20. The molecule has 114 valence electrons. The van der Waals surface area contributed by atoms with Crippen LogP contribution in [0.1, 0.15) is 39.3 Å². The van der Waals surface area contributed by atoms with Crippen molar-refractivity contribution in [1.82, 2.24) is 10.3 Å². The third kappa shape index (κ3) is 4.60. The second-order valence-corrected chi connectivity index (χ2v) is 5.50. The molecule has 1 heterocycles. The molecular formula is C17H25N3O. The van der Waals surface area contributed by atoms with Gasteiger partial charge in [-0.05, 0) is 18.6 Å². The van der Waals surface area contributed by atoms with Crippen molar-refractivity contribution < 1.29 is 4.42 Å². The zero-order valence-electron chi connectivity index (χ0n) is 13.2. The Morgan fingerprint density at radius 3 is 2.67 bits per heavy atom. The van der Waals surface area contributed by atoms with Crippen molar-refractivity contribution in [3.05, 3.63) is 42.3 Å². The Bertz CT molecular complexity index is 522. The number of aromatic nitrogens is 1. The molecule has 0 aliphatic rings. The molecule has 0 bridgehead atoms. The molecule has 0 atom stereocenters. The monoisotopic (exact) mass is 287 g/mol. The molecule has 0 saturated heterocycles. The van der Waals surface area contributed by atoms with Gasteiger partial charge >= 0.3 is 6.01 Å². The summed E-state index contributed by atoms with van der Waals surface area (Å²) >= 11 is 0. The molecule has 0 fully saturated rings. The summed E-state index contributed by atoms with van der Waals surface area (Å²) in [6.45, 7) is 8.09. The summed E-state index contributed by atoms with van der Waals surface area (Å²) < 4.78 is 5.69. The standard InChI is InChI=1S/C17H25N3O/c1-4-5-11-20(16-9-7-6-8-10-16)17-19-15(13-21-17)12-18-14(2)3/h6-10,13-14,18H,4-5,11-12H2,1-3H3. The van der Waals surface area contributed by atoms with Crippen LogP contribution in [0.3, 0.4) is 0 Å². The molecule has 2 rings (SSSR count). The number of para-hydroxylation sites is 1. The fraction of sp³-hybridized carbons (Fsp3) is 0.471. The van der Waals surface area contributed by atoms with Gasteiger partial charge in [-0.15, -0.1) is 0 Å². The third-order valence-electron chi connectivity index (χ3n) is 3.27. The maximum Gasteiger partial charge on any atom is 0.302 e. The second kappa shape index (κ2) is 7.84. The van der Waals surface area contributed by atoms with Crippen molar-refractivity contribution in [2.75, 3.05) is 11.4 Å². The third-order valence-corrected chi connectivity index (χ3v) is 3.27. The quantitative estimate of drug-likeness (QED) is 0.793. The molecule has 0 amide bonds. The van der Waals surface area contributed by atoms with Crippen LogP contribution < -0.4 is 10.2 Å². The van der Waals surface area contributed by atoms with E-state index in [2.05, 4.69) is 48.1 Å². The summed E-state index contributed by atoms with van der Waals surface area (Å²) in [5, 5.41) is 3.36. The maximum atomic E-state index is 5.69. The largest absolute Gasteiger partial charge is 0.431 e. The minimum atomic E-state index is 0.440. The van der Waals surface area contributed by atoms with E-state index in [1.807, 2.05) is 18.2 Å². The molecule has 4 nitrogen and oxygen atoms in total. The Hall–Kier alpha value is -1.81. The number of unbranched alkanes of at least 4 members (excludes halogenated alkanes) is 1. The van der Waals surface area contributed by atoms with Gasteiger partial charge in [0.15, 0.2) is 0 Å². The highest BCUT2D eigenvalue weighted by Crippen LogP contribution is 2.24. The Kier molecular flexibility index (Phi) is 5.81. The van der Waals surface area contributed by atoms with Crippen LogP contribution in [0.2, 0.25) is 0 Å². The number of anilines is 2. The highest BCUT2D eigenvalue weighted by atomic mass is 16.4. The minimum absolute atomic E-state index is 0.440. The van der Waals surface area contributed by atoms with Crippen molar-refractivity contribution in [1.29, 1.82) is 0 Å². The summed E-state index contributed by atoms with van der Waals surface area (Å²) in [4.78, 5) is 6.75. The molecule has 1 aromatic heterocycles. The summed E-state index contributed by atoms with van der Waals surface area (Å²) in [6, 6.07) is 11.4. The number of nitrogens with zero attached hydrogens (tertiary/aromatic N) is 2. The van der Waals surface area contributed by atoms with Crippen LogP contribution in [0.15, 0.2) is 41.0 Å². The summed E-state index contributed by atoms with van der Waals surface area (Å²) in [5.41, 5.74) is 2.06. The maximum absolute atomic E-state index is 5.69. The van der Waals surface area contributed by atoms with Gasteiger partial charge in [0.25, 0.3) is 0 Å². The van der Waals surface area contributed by atoms with Crippen LogP contribution in [0.4, 0.5) is 11.7 Å². The highest BCUT2D eigenvalue weighted by Gasteiger charge is 2.14. The van der Waals surface area contributed by atoms with Gasteiger partial charge in [-0.25, -0.2) is 0 Å². The summed E-state index contributed by atoms with van der Waals surface area (Å²) in [6.07, 6.45) is 4.00. The Labute approximate surface area is 127 Å². The molecule has 1 N–H and O–H groups in total. The van der Waals surface area contributed by atoms with Gasteiger partial charge in [0, 0.05) is 24.8 Å². The molecule has 0 saturated carbocycles. The smallest absolute Gasteiger partial charge is 0.302 e. The molecular weight excluding hydrogens is 262 g/mol. The van der Waals surface area contributed by atoms with Gasteiger partial charge in [-0.3, -0.25) is 4.90 Å². The van der Waals surface area contributed by atoms with E-state index in [4.69, 9.17) is 4.42 Å². The van der Waals surface area contributed by atoms with Gasteiger partial charge < -0.3 is 9.73 Å². The number of hydrogen-bond donors (Lipinski definition) is 1. The first kappa shape index (κ1) is 15.6. The topological polar surface area (TPSA) is 41.3 Å². The SMILES string of the molecule is CCCCN(c1ccccc1)c1nc(CNC(C)C)co1. The van der Waals surface area contributed by atoms with Crippen LogP contribution >= 0.6 is 0 Å². The fourth-order valence-corrected chi connectivity index (χ4v) is 2.07. The van der Waals surface area contributed by atoms with Crippen molar-refractivity contribution in [3.63, 3.8) is 0 Å². The number of oxazole rings is 1. The predicted molar refractivity (Wildman–Crippen MR) is 86.8 cm³/mol. The lowest BCUT2D eigenvalue weighted by Crippen LogP contribution is -2.22. The zero-order valence-corrected chi connectivity index (χ0v) is 13.2. The number of benzene rings is 1. The van der Waals surface area contributed by atoms with Crippen LogP contribution in [-0.2, 0) is 6.54 Å². The van der Waals surface area contributed by atoms with Crippen LogP contribution in [-0.4, -0.2) is 17.6 Å². The molecule has 4 heteroatoms. The predicted octanol–water partition coefficient (Wildman–Crippen LogP) is 4.11. The van der Waals surface area contributed by atoms with Gasteiger partial charge in [0.1, 0.15) is 6.26 Å². The second-order valence-electron chi connectivity index (χ2n) is 5.50. The number of rotatable bonds is 8. The van der Waals surface area contributed by atoms with E-state index in [0.29, 0.717) is 12.1 Å². The first-order valence-corrected chi connectivity index (χ1v) is 7.71. The van der Waals surface area contributed by atoms with E-state index in [9.17, 15) is 0 Å². The van der Waals surface area contributed by atoms with Crippen LogP contribution in [0, 0.1) is 0 Å². The molecule has 0 unspecified atom stereocenters. The lowest BCUT2D eigenvalue weighted by atomic mass is 10.2. The lowest BCUT2D eigenvalue weighted by molar-refractivity contribution is 0.543. The zero-order chi connectivity index (χ0) is 15.1. The Balaban J connectivity index is 2.13. The van der Waals surface area contributed by atoms with E-state index in [-0.39, 0.29) is 0 Å². The van der Waals surface area contributed by atoms with Gasteiger partial charge in [0.2, 0.25) is 0 Å². The Morgan fingerprint density at radius 1 is 1.24 bits per heavy atom. The molecule has 0 radical (unpaired) electrons. The van der Waals surface area contributed by atoms with E-state index in [1.54, 1.807) is 6.26 Å². The van der Waals surface area contributed by atoms with E-state index in [0.717, 1.165) is 37.3 Å². The van der Waals surface area contributed by atoms with Gasteiger partial charge in [0.05, 0.1) is 5.69 Å². The van der Waals surface area contributed by atoms with Crippen molar-refractivity contribution in [2.45, 2.75) is 46.2 Å². The normalized spacial score (nSPS) is 11.0. The molecule has 21 heavy (non-hydrogen) atoms. The van der Waals surface area contributed by atoms with Crippen LogP contribution in [0.5, 0.6) is 0 Å². The minimum Gasteiger partial charge on any atom is -0.431 e. The van der Waals surface area contributed by atoms with Gasteiger partial charge in [-0.1, -0.05) is 45.4 Å². The van der Waals surface area contributed by atoms with E-state index in [1.165, 1.54) is 0 Å². The first-order chi connectivity index (χ1) is 10.2. The summed E-state index contributed by atoms with van der Waals surface area (Å²) in [5.74, 6) is 0. The van der Waals surface area contributed by atoms with Gasteiger partial charge in [-0.2, -0.15) is 4.98 Å². The molecule has 0 aliphatic heterocycles. The summed E-state index contributed by atoms with van der Waals surface area (Å²) in [7, 11) is 0. The van der Waals surface area contributed by atoms with E-state index >= 15 is 0 Å². The van der Waals surface area contributed by atoms with E-state index < -0.39 is 0 Å². The molecule has 0 aliphatic carbocycles. The fourth-order valence-electron chi connectivity index (χ4n) is 2.07. The van der Waals surface area contributed by atoms with Crippen molar-refractivity contribution >= 4 is 11.7 Å². The average molecular weight is 287 g/mol. The van der Waals surface area contributed by atoms with Crippen molar-refractivity contribution in [2.24, 2.45) is 0 Å².